The number of rotatable bonds is 16. The Balaban J connectivity index is 0. The number of aromatic hydroxyl groups is 1. The number of aliphatic hydroxyl groups is 1. The predicted octanol–water partition coefficient (Wildman–Crippen LogP) is 12.0. The molecule has 0 aliphatic heterocycles. The van der Waals surface area contributed by atoms with E-state index in [0.717, 1.165) is 51.5 Å². The van der Waals surface area contributed by atoms with Crippen LogP contribution in [0.1, 0.15) is 131 Å². The van der Waals surface area contributed by atoms with E-state index in [1.54, 1.807) is 25.1 Å². The standard InChI is InChI=1S/C29H43NO2.C7H13F3.C2H6.CH2O/c1-4-6-19-30(3)20-10-8-7-9-15-25-21-24(22-27(31)13-5-2)14-11-18-29(25)26-16-12-17-28(32)23-26;1-4-5-7(9,10)6(2,3)8;2*1-2/h5,12-13,16-17,22-23,31-32H,2,4,6-11,14-15,18-21H2,1,3H3;4-5H2,1-3H3;1-2H3;1H2/b24-22-,27-13+;;;. The van der Waals surface area contributed by atoms with Crippen LogP contribution in [-0.2, 0) is 4.79 Å². The van der Waals surface area contributed by atoms with Crippen molar-refractivity contribution in [3.63, 3.8) is 0 Å². The van der Waals surface area contributed by atoms with Crippen molar-refractivity contribution < 1.29 is 28.2 Å². The number of halogens is 3. The van der Waals surface area contributed by atoms with E-state index in [4.69, 9.17) is 4.79 Å². The summed E-state index contributed by atoms with van der Waals surface area (Å²) in [5, 5.41) is 20.1. The normalized spacial score (nSPS) is 14.8. The van der Waals surface area contributed by atoms with Crippen molar-refractivity contribution in [3.8, 4) is 5.75 Å². The molecule has 0 unspecified atom stereocenters. The van der Waals surface area contributed by atoms with E-state index in [-0.39, 0.29) is 12.2 Å². The zero-order valence-corrected chi connectivity index (χ0v) is 29.9. The number of alkyl halides is 3. The molecule has 264 valence electrons. The number of benzene rings is 1. The molecule has 0 atom stereocenters. The summed E-state index contributed by atoms with van der Waals surface area (Å²) >= 11 is 0. The molecule has 0 saturated carbocycles. The molecular formula is C39H64F3NO3. The maximum atomic E-state index is 12.6. The van der Waals surface area contributed by atoms with Gasteiger partial charge in [-0.3, -0.25) is 0 Å². The molecule has 7 heteroatoms. The fraction of sp³-hybridized carbons (Fsp3) is 0.615. The predicted molar refractivity (Wildman–Crippen MR) is 191 cm³/mol. The van der Waals surface area contributed by atoms with E-state index >= 15 is 0 Å². The summed E-state index contributed by atoms with van der Waals surface area (Å²) in [7, 11) is 2.23. The molecule has 1 aliphatic carbocycles. The van der Waals surface area contributed by atoms with Crippen LogP contribution in [0.2, 0.25) is 0 Å². The molecule has 0 spiro atoms. The topological polar surface area (TPSA) is 60.8 Å². The number of carbonyl (C=O) groups excluding carboxylic acids is 1. The van der Waals surface area contributed by atoms with Gasteiger partial charge in [0.1, 0.15) is 18.3 Å². The number of unbranched alkanes of at least 4 members (excludes halogenated alkanes) is 4. The van der Waals surface area contributed by atoms with Gasteiger partial charge in [-0.1, -0.05) is 89.3 Å². The molecule has 0 amide bonds. The maximum Gasteiger partial charge on any atom is 0.280 e. The van der Waals surface area contributed by atoms with Crippen molar-refractivity contribution in [3.05, 3.63) is 71.5 Å². The summed E-state index contributed by atoms with van der Waals surface area (Å²) in [5.41, 5.74) is 2.89. The fourth-order valence-corrected chi connectivity index (χ4v) is 5.15. The summed E-state index contributed by atoms with van der Waals surface area (Å²) in [6.45, 7) is 17.7. The third kappa shape index (κ3) is 19.7. The van der Waals surface area contributed by atoms with Crippen LogP contribution in [0.15, 0.2) is 66.0 Å². The molecule has 1 aromatic rings. The molecule has 1 aliphatic rings. The van der Waals surface area contributed by atoms with Crippen molar-refractivity contribution in [1.29, 1.82) is 0 Å². The first kappa shape index (κ1) is 45.3. The Labute approximate surface area is 279 Å². The number of nitrogens with zero attached hydrogens (tertiary/aromatic N) is 1. The molecule has 2 N–H and O–H groups in total. The van der Waals surface area contributed by atoms with Crippen molar-refractivity contribution in [2.45, 2.75) is 137 Å². The van der Waals surface area contributed by atoms with Gasteiger partial charge < -0.3 is 19.9 Å². The molecule has 2 rings (SSSR count). The lowest BCUT2D eigenvalue weighted by Gasteiger charge is -2.25. The average molecular weight is 652 g/mol. The number of hydrogen-bond acceptors (Lipinski definition) is 4. The first-order chi connectivity index (χ1) is 21.8. The van der Waals surface area contributed by atoms with E-state index in [0.29, 0.717) is 12.2 Å². The number of carbonyl (C=O) groups is 1. The van der Waals surface area contributed by atoms with Gasteiger partial charge in [-0.15, -0.1) is 0 Å². The average Bonchev–Trinajstić information content (AvgIpc) is 3.21. The molecule has 0 saturated heterocycles. The van der Waals surface area contributed by atoms with Gasteiger partial charge in [0.2, 0.25) is 0 Å². The lowest BCUT2D eigenvalue weighted by Crippen LogP contribution is -2.38. The van der Waals surface area contributed by atoms with Crippen molar-refractivity contribution in [2.24, 2.45) is 0 Å². The van der Waals surface area contributed by atoms with E-state index < -0.39 is 11.6 Å². The van der Waals surface area contributed by atoms with Gasteiger partial charge in [-0.05, 0) is 121 Å². The second-order valence-corrected chi connectivity index (χ2v) is 12.0. The lowest BCUT2D eigenvalue weighted by atomic mass is 9.91. The van der Waals surface area contributed by atoms with E-state index in [1.807, 2.05) is 38.8 Å². The van der Waals surface area contributed by atoms with Crippen LogP contribution < -0.4 is 0 Å². The van der Waals surface area contributed by atoms with Crippen LogP contribution in [-0.4, -0.2) is 53.6 Å². The Bertz CT molecular complexity index is 1040. The summed E-state index contributed by atoms with van der Waals surface area (Å²) in [6.07, 6.45) is 17.7. The smallest absolute Gasteiger partial charge is 0.280 e. The summed E-state index contributed by atoms with van der Waals surface area (Å²) in [6, 6.07) is 7.68. The minimum atomic E-state index is -3.18. The molecule has 0 radical (unpaired) electrons. The van der Waals surface area contributed by atoms with Gasteiger partial charge in [0.15, 0.2) is 5.67 Å². The maximum absolute atomic E-state index is 12.6. The van der Waals surface area contributed by atoms with Crippen LogP contribution >= 0.6 is 0 Å². The third-order valence-corrected chi connectivity index (χ3v) is 7.72. The summed E-state index contributed by atoms with van der Waals surface area (Å²) in [5.74, 6) is -2.57. The molecule has 0 heterocycles. The summed E-state index contributed by atoms with van der Waals surface area (Å²) < 4.78 is 37.7. The van der Waals surface area contributed by atoms with Crippen LogP contribution in [0.3, 0.4) is 0 Å². The van der Waals surface area contributed by atoms with E-state index in [1.165, 1.54) is 68.3 Å². The van der Waals surface area contributed by atoms with Crippen molar-refractivity contribution in [1.82, 2.24) is 4.90 Å². The Morgan fingerprint density at radius 1 is 0.978 bits per heavy atom. The Hall–Kier alpha value is -2.80. The van der Waals surface area contributed by atoms with Gasteiger partial charge in [-0.2, -0.15) is 0 Å². The fourth-order valence-electron chi connectivity index (χ4n) is 5.15. The zero-order valence-electron chi connectivity index (χ0n) is 29.9. The SMILES string of the molecule is C=C/C=C(O)\C=C1\CCCC(c2cccc(O)c2)=C(CCCCCCN(C)CCCC)C1.C=O.CC.CCCC(F)(F)C(C)(C)F. The van der Waals surface area contributed by atoms with Crippen LogP contribution in [0.5, 0.6) is 5.75 Å². The molecule has 4 nitrogen and oxygen atoms in total. The van der Waals surface area contributed by atoms with Crippen LogP contribution in [0.25, 0.3) is 5.57 Å². The highest BCUT2D eigenvalue weighted by Gasteiger charge is 2.46. The molecule has 46 heavy (non-hydrogen) atoms. The van der Waals surface area contributed by atoms with Gasteiger partial charge in [0.25, 0.3) is 5.92 Å². The highest BCUT2D eigenvalue weighted by atomic mass is 19.3. The number of hydrogen-bond donors (Lipinski definition) is 2. The largest absolute Gasteiger partial charge is 0.508 e. The van der Waals surface area contributed by atoms with Gasteiger partial charge in [-0.25, -0.2) is 13.2 Å². The highest BCUT2D eigenvalue weighted by molar-refractivity contribution is 5.70. The molecule has 0 aromatic heterocycles. The van der Waals surface area contributed by atoms with E-state index in [2.05, 4.69) is 31.5 Å². The van der Waals surface area contributed by atoms with Gasteiger partial charge >= 0.3 is 0 Å². The summed E-state index contributed by atoms with van der Waals surface area (Å²) in [4.78, 5) is 10.5. The lowest BCUT2D eigenvalue weighted by molar-refractivity contribution is -0.125. The Morgan fingerprint density at radius 2 is 1.61 bits per heavy atom. The monoisotopic (exact) mass is 651 g/mol. The van der Waals surface area contributed by atoms with Crippen molar-refractivity contribution in [2.75, 3.05) is 20.1 Å². The molecule has 1 aromatic carbocycles. The van der Waals surface area contributed by atoms with Crippen LogP contribution in [0, 0.1) is 0 Å². The van der Waals surface area contributed by atoms with E-state index in [9.17, 15) is 23.4 Å². The number of aliphatic hydroxyl groups excluding tert-OH is 1. The third-order valence-electron chi connectivity index (χ3n) is 7.72. The Kier molecular flexibility index (Phi) is 25.9. The molecular weight excluding hydrogens is 587 g/mol. The number of allylic oxidation sites excluding steroid dienone is 6. The number of phenolic OH excluding ortho intramolecular Hbond substituents is 1. The van der Waals surface area contributed by atoms with Gasteiger partial charge in [0.05, 0.1) is 0 Å². The van der Waals surface area contributed by atoms with Crippen molar-refractivity contribution >= 4 is 12.4 Å². The zero-order chi connectivity index (χ0) is 35.6. The molecule has 0 fully saturated rings. The quantitative estimate of drug-likeness (QED) is 0.106. The second-order valence-electron chi connectivity index (χ2n) is 12.0. The minimum Gasteiger partial charge on any atom is -0.508 e. The minimum absolute atomic E-state index is 0.280. The van der Waals surface area contributed by atoms with Gasteiger partial charge in [0, 0.05) is 6.42 Å². The molecule has 0 bridgehead atoms. The first-order valence-electron chi connectivity index (χ1n) is 17.1. The second kappa shape index (κ2) is 26.3. The Morgan fingerprint density at radius 3 is 2.15 bits per heavy atom. The highest BCUT2D eigenvalue weighted by Crippen LogP contribution is 2.37. The van der Waals surface area contributed by atoms with Crippen LogP contribution in [0.4, 0.5) is 13.2 Å². The number of phenols is 1. The first-order valence-corrected chi connectivity index (χ1v) is 17.1.